The van der Waals surface area contributed by atoms with E-state index in [1.807, 2.05) is 0 Å². The van der Waals surface area contributed by atoms with Gasteiger partial charge < -0.3 is 10.6 Å². The number of pyridine rings is 1. The highest BCUT2D eigenvalue weighted by molar-refractivity contribution is 5.82. The molecule has 1 fully saturated rings. The van der Waals surface area contributed by atoms with E-state index in [1.165, 1.54) is 0 Å². The Labute approximate surface area is 93.3 Å². The van der Waals surface area contributed by atoms with Gasteiger partial charge in [-0.25, -0.2) is 0 Å². The van der Waals surface area contributed by atoms with Gasteiger partial charge in [-0.2, -0.15) is 0 Å². The van der Waals surface area contributed by atoms with Crippen molar-refractivity contribution in [1.82, 2.24) is 15.6 Å². The molecule has 0 saturated carbocycles. The van der Waals surface area contributed by atoms with Crippen molar-refractivity contribution < 1.29 is 9.59 Å². The topological polar surface area (TPSA) is 71.1 Å². The van der Waals surface area contributed by atoms with Gasteiger partial charge in [-0.05, 0) is 17.7 Å². The van der Waals surface area contributed by atoms with E-state index < -0.39 is 0 Å². The molecule has 2 heterocycles. The van der Waals surface area contributed by atoms with Gasteiger partial charge in [0.05, 0.1) is 12.5 Å². The van der Waals surface area contributed by atoms with Crippen LogP contribution in [-0.2, 0) is 16.0 Å². The van der Waals surface area contributed by atoms with Crippen LogP contribution in [0.2, 0.25) is 0 Å². The number of carbonyl (C=O) groups excluding carboxylic acids is 2. The first-order valence-corrected chi connectivity index (χ1v) is 5.19. The highest BCUT2D eigenvalue weighted by atomic mass is 16.2. The van der Waals surface area contributed by atoms with Crippen LogP contribution in [0, 0.1) is 0 Å². The van der Waals surface area contributed by atoms with Crippen LogP contribution in [0.4, 0.5) is 0 Å². The Bertz CT molecular complexity index is 391. The van der Waals surface area contributed by atoms with Gasteiger partial charge >= 0.3 is 0 Å². The minimum absolute atomic E-state index is 0.00536. The quantitative estimate of drug-likeness (QED) is 0.728. The Balaban J connectivity index is 1.83. The van der Waals surface area contributed by atoms with E-state index in [0.29, 0.717) is 19.4 Å². The van der Waals surface area contributed by atoms with E-state index in [2.05, 4.69) is 15.6 Å². The summed E-state index contributed by atoms with van der Waals surface area (Å²) in [6, 6.07) is 3.54. The van der Waals surface area contributed by atoms with Gasteiger partial charge in [-0.15, -0.1) is 0 Å². The summed E-state index contributed by atoms with van der Waals surface area (Å²) < 4.78 is 0. The predicted octanol–water partition coefficient (Wildman–Crippen LogP) is -0.371. The summed E-state index contributed by atoms with van der Waals surface area (Å²) in [7, 11) is 0. The summed E-state index contributed by atoms with van der Waals surface area (Å²) >= 11 is 0. The number of hydrogen-bond donors (Lipinski definition) is 2. The maximum Gasteiger partial charge on any atom is 0.224 e. The zero-order chi connectivity index (χ0) is 11.4. The molecule has 1 unspecified atom stereocenters. The monoisotopic (exact) mass is 219 g/mol. The maximum atomic E-state index is 11.6. The van der Waals surface area contributed by atoms with E-state index in [0.717, 1.165) is 5.56 Å². The van der Waals surface area contributed by atoms with Crippen LogP contribution in [0.15, 0.2) is 24.5 Å². The third-order valence-electron chi connectivity index (χ3n) is 2.46. The van der Waals surface area contributed by atoms with Crippen LogP contribution in [0.1, 0.15) is 12.0 Å². The molecule has 84 valence electrons. The SMILES string of the molecule is O=C1CC(NC(=O)Cc2ccncc2)CN1. The minimum atomic E-state index is -0.0677. The lowest BCUT2D eigenvalue weighted by Crippen LogP contribution is -2.37. The fourth-order valence-electron chi connectivity index (χ4n) is 1.67. The summed E-state index contributed by atoms with van der Waals surface area (Å²) in [6.45, 7) is 0.529. The van der Waals surface area contributed by atoms with Crippen LogP contribution in [0.3, 0.4) is 0 Å². The lowest BCUT2D eigenvalue weighted by atomic mass is 10.2. The van der Waals surface area contributed by atoms with Gasteiger partial charge in [-0.3, -0.25) is 14.6 Å². The number of hydrogen-bond acceptors (Lipinski definition) is 3. The van der Waals surface area contributed by atoms with Gasteiger partial charge in [0.2, 0.25) is 11.8 Å². The van der Waals surface area contributed by atoms with Gasteiger partial charge in [0.25, 0.3) is 0 Å². The number of carbonyl (C=O) groups is 2. The Kier molecular flexibility index (Phi) is 3.14. The highest BCUT2D eigenvalue weighted by Gasteiger charge is 2.22. The predicted molar refractivity (Wildman–Crippen MR) is 57.5 cm³/mol. The molecular weight excluding hydrogens is 206 g/mol. The number of aromatic nitrogens is 1. The molecule has 2 amide bonds. The molecule has 5 nitrogen and oxygen atoms in total. The van der Waals surface area contributed by atoms with Crippen molar-refractivity contribution in [2.75, 3.05) is 6.54 Å². The molecule has 1 aromatic rings. The first-order chi connectivity index (χ1) is 7.74. The Morgan fingerprint density at radius 3 is 2.88 bits per heavy atom. The van der Waals surface area contributed by atoms with Crippen LogP contribution in [-0.4, -0.2) is 29.4 Å². The number of amides is 2. The molecule has 2 N–H and O–H groups in total. The zero-order valence-corrected chi connectivity index (χ0v) is 8.77. The summed E-state index contributed by atoms with van der Waals surface area (Å²) in [5, 5.41) is 5.49. The van der Waals surface area contributed by atoms with Crippen molar-refractivity contribution >= 4 is 11.8 Å². The largest absolute Gasteiger partial charge is 0.354 e. The van der Waals surface area contributed by atoms with Gasteiger partial charge in [0.15, 0.2) is 0 Å². The summed E-state index contributed by atoms with van der Waals surface area (Å²) in [5.74, 6) is -0.0677. The molecule has 1 aliphatic rings. The minimum Gasteiger partial charge on any atom is -0.354 e. The molecule has 16 heavy (non-hydrogen) atoms. The van der Waals surface area contributed by atoms with E-state index in [4.69, 9.17) is 0 Å². The second-order valence-electron chi connectivity index (χ2n) is 3.80. The van der Waals surface area contributed by atoms with Crippen LogP contribution in [0.25, 0.3) is 0 Å². The van der Waals surface area contributed by atoms with Gasteiger partial charge in [-0.1, -0.05) is 0 Å². The molecule has 2 rings (SSSR count). The van der Waals surface area contributed by atoms with E-state index in [9.17, 15) is 9.59 Å². The molecule has 0 aromatic carbocycles. The Morgan fingerprint density at radius 1 is 1.50 bits per heavy atom. The van der Waals surface area contributed by atoms with Crippen LogP contribution >= 0.6 is 0 Å². The van der Waals surface area contributed by atoms with Crippen LogP contribution in [0.5, 0.6) is 0 Å². The Hall–Kier alpha value is -1.91. The molecule has 1 aromatic heterocycles. The standard InChI is InChI=1S/C11H13N3O2/c15-10-6-9(7-13-10)14-11(16)5-8-1-3-12-4-2-8/h1-4,9H,5-7H2,(H,13,15)(H,14,16). The molecule has 1 saturated heterocycles. The first kappa shape index (κ1) is 10.6. The third-order valence-corrected chi connectivity index (χ3v) is 2.46. The number of rotatable bonds is 3. The fraction of sp³-hybridized carbons (Fsp3) is 0.364. The second kappa shape index (κ2) is 4.74. The van der Waals surface area contributed by atoms with Crippen molar-refractivity contribution in [2.24, 2.45) is 0 Å². The lowest BCUT2D eigenvalue weighted by Gasteiger charge is -2.09. The molecule has 1 atom stereocenters. The molecule has 5 heteroatoms. The molecule has 0 aliphatic carbocycles. The summed E-state index contributed by atoms with van der Waals surface area (Å²) in [4.78, 5) is 26.4. The summed E-state index contributed by atoms with van der Waals surface area (Å²) in [5.41, 5.74) is 0.921. The van der Waals surface area contributed by atoms with E-state index in [-0.39, 0.29) is 17.9 Å². The number of nitrogens with zero attached hydrogens (tertiary/aromatic N) is 1. The van der Waals surface area contributed by atoms with Gasteiger partial charge in [0.1, 0.15) is 0 Å². The average molecular weight is 219 g/mol. The zero-order valence-electron chi connectivity index (χ0n) is 8.77. The third kappa shape index (κ3) is 2.79. The van der Waals surface area contributed by atoms with Crippen molar-refractivity contribution in [3.8, 4) is 0 Å². The molecule has 1 aliphatic heterocycles. The lowest BCUT2D eigenvalue weighted by molar-refractivity contribution is -0.121. The van der Waals surface area contributed by atoms with Crippen molar-refractivity contribution in [3.05, 3.63) is 30.1 Å². The van der Waals surface area contributed by atoms with Crippen molar-refractivity contribution in [3.63, 3.8) is 0 Å². The Morgan fingerprint density at radius 2 is 2.25 bits per heavy atom. The van der Waals surface area contributed by atoms with Gasteiger partial charge in [0, 0.05) is 25.4 Å². The smallest absolute Gasteiger partial charge is 0.224 e. The molecule has 0 spiro atoms. The number of nitrogens with one attached hydrogen (secondary N) is 2. The normalized spacial score (nSPS) is 19.2. The fourth-order valence-corrected chi connectivity index (χ4v) is 1.67. The average Bonchev–Trinajstić information content (AvgIpc) is 2.65. The van der Waals surface area contributed by atoms with E-state index >= 15 is 0 Å². The molecule has 0 radical (unpaired) electrons. The maximum absolute atomic E-state index is 11.6. The molecular formula is C11H13N3O2. The van der Waals surface area contributed by atoms with Crippen molar-refractivity contribution in [1.29, 1.82) is 0 Å². The molecule has 0 bridgehead atoms. The van der Waals surface area contributed by atoms with E-state index in [1.54, 1.807) is 24.5 Å². The second-order valence-corrected chi connectivity index (χ2v) is 3.80. The summed E-state index contributed by atoms with van der Waals surface area (Å²) in [6.07, 6.45) is 4.02. The first-order valence-electron chi connectivity index (χ1n) is 5.19. The highest BCUT2D eigenvalue weighted by Crippen LogP contribution is 2.01. The van der Waals surface area contributed by atoms with Crippen molar-refractivity contribution in [2.45, 2.75) is 18.9 Å². The van der Waals surface area contributed by atoms with Crippen LogP contribution < -0.4 is 10.6 Å².